The molecule has 0 aliphatic carbocycles. The Kier molecular flexibility index (Phi) is 4.74. The van der Waals surface area contributed by atoms with Crippen molar-refractivity contribution in [1.82, 2.24) is 4.90 Å². The monoisotopic (exact) mass is 372 g/mol. The Labute approximate surface area is 147 Å². The first-order valence-corrected chi connectivity index (χ1v) is 7.76. The lowest BCUT2D eigenvalue weighted by molar-refractivity contribution is 0.283. The first-order valence-electron chi connectivity index (χ1n) is 7.76. The average molecular weight is 373 g/mol. The van der Waals surface area contributed by atoms with Crippen LogP contribution in [0.25, 0.3) is 6.08 Å². The van der Waals surface area contributed by atoms with E-state index in [9.17, 15) is 0 Å². The van der Waals surface area contributed by atoms with Crippen LogP contribution in [-0.4, -0.2) is 31.3 Å². The standard InChI is InChI=1S/C19H20N2O.BrH/c1-22-17-9-6-15(7-10-17)14-20-12-13-21-18-5-3-2-4-16(18)8-11-19(20)21;/h2-11,19H,12-14H2,1H3;1H. The van der Waals surface area contributed by atoms with E-state index in [1.54, 1.807) is 7.11 Å². The van der Waals surface area contributed by atoms with E-state index in [-0.39, 0.29) is 17.0 Å². The molecule has 3 nitrogen and oxygen atoms in total. The number of methoxy groups -OCH3 is 1. The van der Waals surface area contributed by atoms with E-state index < -0.39 is 0 Å². The third-order valence-corrected chi connectivity index (χ3v) is 4.56. The number of halogens is 1. The molecule has 23 heavy (non-hydrogen) atoms. The molecule has 120 valence electrons. The number of hydrogen-bond donors (Lipinski definition) is 0. The topological polar surface area (TPSA) is 15.7 Å². The van der Waals surface area contributed by atoms with E-state index in [4.69, 9.17) is 4.74 Å². The van der Waals surface area contributed by atoms with Crippen LogP contribution in [0.1, 0.15) is 11.1 Å². The smallest absolute Gasteiger partial charge is 0.118 e. The van der Waals surface area contributed by atoms with Gasteiger partial charge in [-0.3, -0.25) is 4.90 Å². The second kappa shape index (κ2) is 6.77. The summed E-state index contributed by atoms with van der Waals surface area (Å²) in [5, 5.41) is 0. The molecule has 4 heteroatoms. The summed E-state index contributed by atoms with van der Waals surface area (Å²) in [7, 11) is 1.71. The van der Waals surface area contributed by atoms with Gasteiger partial charge in [0.15, 0.2) is 0 Å². The van der Waals surface area contributed by atoms with E-state index in [1.165, 1.54) is 16.8 Å². The van der Waals surface area contributed by atoms with E-state index in [0.717, 1.165) is 25.4 Å². The first kappa shape index (κ1) is 16.1. The third-order valence-electron chi connectivity index (χ3n) is 4.56. The molecule has 1 atom stereocenters. The highest BCUT2D eigenvalue weighted by molar-refractivity contribution is 8.93. The van der Waals surface area contributed by atoms with Crippen molar-refractivity contribution >= 4 is 28.7 Å². The fourth-order valence-corrected chi connectivity index (χ4v) is 3.40. The molecule has 2 aliphatic rings. The molecule has 4 rings (SSSR count). The summed E-state index contributed by atoms with van der Waals surface area (Å²) in [6.07, 6.45) is 4.94. The molecule has 0 spiro atoms. The van der Waals surface area contributed by atoms with Gasteiger partial charge >= 0.3 is 0 Å². The van der Waals surface area contributed by atoms with Crippen molar-refractivity contribution in [2.24, 2.45) is 0 Å². The number of ether oxygens (including phenoxy) is 1. The Hall–Kier alpha value is -1.78. The molecule has 1 fully saturated rings. The van der Waals surface area contributed by atoms with Crippen molar-refractivity contribution in [2.45, 2.75) is 12.7 Å². The second-order valence-electron chi connectivity index (χ2n) is 5.84. The zero-order valence-electron chi connectivity index (χ0n) is 13.2. The highest BCUT2D eigenvalue weighted by Gasteiger charge is 2.32. The van der Waals surface area contributed by atoms with E-state index in [0.29, 0.717) is 6.17 Å². The number of nitrogens with zero attached hydrogens (tertiary/aromatic N) is 2. The van der Waals surface area contributed by atoms with Gasteiger partial charge in [-0.2, -0.15) is 0 Å². The molecule has 2 aliphatic heterocycles. The number of hydrogen-bond acceptors (Lipinski definition) is 3. The van der Waals surface area contributed by atoms with Crippen LogP contribution in [0, 0.1) is 0 Å². The largest absolute Gasteiger partial charge is 0.497 e. The Balaban J connectivity index is 0.00000156. The molecule has 0 N–H and O–H groups in total. The van der Waals surface area contributed by atoms with Crippen molar-refractivity contribution in [3.8, 4) is 5.75 Å². The van der Waals surface area contributed by atoms with Crippen LogP contribution in [0.2, 0.25) is 0 Å². The van der Waals surface area contributed by atoms with Gasteiger partial charge in [0.1, 0.15) is 11.9 Å². The van der Waals surface area contributed by atoms with Gasteiger partial charge in [0.2, 0.25) is 0 Å². The summed E-state index contributed by atoms with van der Waals surface area (Å²) >= 11 is 0. The molecule has 0 bridgehead atoms. The predicted octanol–water partition coefficient (Wildman–Crippen LogP) is 3.95. The molecular weight excluding hydrogens is 352 g/mol. The maximum absolute atomic E-state index is 5.23. The molecule has 0 amide bonds. The minimum atomic E-state index is 0. The first-order chi connectivity index (χ1) is 10.8. The lowest BCUT2D eigenvalue weighted by atomic mass is 10.1. The Morgan fingerprint density at radius 3 is 2.61 bits per heavy atom. The predicted molar refractivity (Wildman–Crippen MR) is 100 cm³/mol. The van der Waals surface area contributed by atoms with Gasteiger partial charge < -0.3 is 9.64 Å². The summed E-state index contributed by atoms with van der Waals surface area (Å²) in [5.41, 5.74) is 4.01. The summed E-state index contributed by atoms with van der Waals surface area (Å²) in [6, 6.07) is 17.0. The molecule has 1 unspecified atom stereocenters. The van der Waals surface area contributed by atoms with Crippen LogP contribution < -0.4 is 9.64 Å². The van der Waals surface area contributed by atoms with Crippen molar-refractivity contribution < 1.29 is 4.74 Å². The number of para-hydroxylation sites is 1. The molecular formula is C19H21BrN2O. The molecule has 1 saturated heterocycles. The minimum absolute atomic E-state index is 0. The molecule has 2 aromatic rings. The Bertz CT molecular complexity index is 699. The van der Waals surface area contributed by atoms with Crippen molar-refractivity contribution in [3.05, 3.63) is 65.7 Å². The van der Waals surface area contributed by atoms with Crippen molar-refractivity contribution in [3.63, 3.8) is 0 Å². The van der Waals surface area contributed by atoms with Crippen LogP contribution in [-0.2, 0) is 6.54 Å². The lowest BCUT2D eigenvalue weighted by Crippen LogP contribution is -2.38. The van der Waals surface area contributed by atoms with E-state index in [1.807, 2.05) is 12.1 Å². The Morgan fingerprint density at radius 2 is 1.83 bits per heavy atom. The lowest BCUT2D eigenvalue weighted by Gasteiger charge is -2.33. The number of benzene rings is 2. The maximum Gasteiger partial charge on any atom is 0.118 e. The van der Waals surface area contributed by atoms with Gasteiger partial charge in [-0.15, -0.1) is 17.0 Å². The van der Waals surface area contributed by atoms with Crippen LogP contribution in [0.15, 0.2) is 54.6 Å². The zero-order valence-corrected chi connectivity index (χ0v) is 14.9. The van der Waals surface area contributed by atoms with Gasteiger partial charge in [0.05, 0.1) is 7.11 Å². The van der Waals surface area contributed by atoms with Gasteiger partial charge in [-0.25, -0.2) is 0 Å². The molecule has 0 saturated carbocycles. The van der Waals surface area contributed by atoms with Crippen molar-refractivity contribution in [2.75, 3.05) is 25.1 Å². The fourth-order valence-electron chi connectivity index (χ4n) is 3.40. The van der Waals surface area contributed by atoms with Gasteiger partial charge in [-0.1, -0.05) is 36.4 Å². The van der Waals surface area contributed by atoms with Crippen LogP contribution in [0.3, 0.4) is 0 Å². The molecule has 0 radical (unpaired) electrons. The van der Waals surface area contributed by atoms with Crippen LogP contribution >= 0.6 is 17.0 Å². The quantitative estimate of drug-likeness (QED) is 0.811. The van der Waals surface area contributed by atoms with Crippen LogP contribution in [0.5, 0.6) is 5.75 Å². The summed E-state index contributed by atoms with van der Waals surface area (Å²) in [5.74, 6) is 0.915. The SMILES string of the molecule is Br.COc1ccc(CN2CCN3c4ccccc4C=CC23)cc1. The molecule has 2 aromatic carbocycles. The number of fused-ring (bicyclic) bond motifs is 3. The summed E-state index contributed by atoms with van der Waals surface area (Å²) in [6.45, 7) is 3.15. The normalized spacial score (nSPS) is 19.0. The van der Waals surface area contributed by atoms with E-state index >= 15 is 0 Å². The average Bonchev–Trinajstić information content (AvgIpc) is 2.99. The fraction of sp³-hybridized carbons (Fsp3) is 0.263. The van der Waals surface area contributed by atoms with Crippen molar-refractivity contribution in [1.29, 1.82) is 0 Å². The molecule has 0 aromatic heterocycles. The number of anilines is 1. The minimum Gasteiger partial charge on any atom is -0.497 e. The Morgan fingerprint density at radius 1 is 1.04 bits per heavy atom. The van der Waals surface area contributed by atoms with Gasteiger partial charge in [-0.05, 0) is 35.4 Å². The van der Waals surface area contributed by atoms with Gasteiger partial charge in [0, 0.05) is 25.3 Å². The molecule has 2 heterocycles. The van der Waals surface area contributed by atoms with E-state index in [2.05, 4.69) is 58.4 Å². The summed E-state index contributed by atoms with van der Waals surface area (Å²) in [4.78, 5) is 5.02. The highest BCUT2D eigenvalue weighted by Crippen LogP contribution is 2.33. The third kappa shape index (κ3) is 3.01. The second-order valence-corrected chi connectivity index (χ2v) is 5.84. The zero-order chi connectivity index (χ0) is 14.9. The highest BCUT2D eigenvalue weighted by atomic mass is 79.9. The maximum atomic E-state index is 5.23. The summed E-state index contributed by atoms with van der Waals surface area (Å²) < 4.78 is 5.23. The van der Waals surface area contributed by atoms with Gasteiger partial charge in [0.25, 0.3) is 0 Å². The number of rotatable bonds is 3. The van der Waals surface area contributed by atoms with Crippen LogP contribution in [0.4, 0.5) is 5.69 Å².